The summed E-state index contributed by atoms with van der Waals surface area (Å²) in [5.74, 6) is -0.282. The molecule has 11 heteroatoms. The van der Waals surface area contributed by atoms with Gasteiger partial charge in [0.05, 0.1) is 16.1 Å². The molecule has 0 aliphatic carbocycles. The number of nitrogens with zero attached hydrogens (tertiary/aromatic N) is 3. The standard InChI is InChI=1S/C16H20Cl2N4O4S/c1-11(15(23)22-6-5-19-16(22)24)20-7-9-21(10-8-20)27(25,26)14-12(17)3-2-4-13(14)18/h2-4,11H,5-10H2,1H3,(H,19,24). The first kappa shape index (κ1) is 20.3. The maximum absolute atomic E-state index is 12.9. The lowest BCUT2D eigenvalue weighted by Gasteiger charge is -2.37. The van der Waals surface area contributed by atoms with E-state index in [1.165, 1.54) is 21.3 Å². The molecule has 1 atom stereocenters. The molecule has 1 N–H and O–H groups in total. The Hall–Kier alpha value is -1.39. The number of urea groups is 1. The van der Waals surface area contributed by atoms with E-state index in [4.69, 9.17) is 23.2 Å². The van der Waals surface area contributed by atoms with Crippen molar-refractivity contribution in [3.63, 3.8) is 0 Å². The Bertz CT molecular complexity index is 836. The van der Waals surface area contributed by atoms with Gasteiger partial charge in [0.2, 0.25) is 15.9 Å². The van der Waals surface area contributed by atoms with Crippen LogP contribution >= 0.6 is 23.2 Å². The number of hydrogen-bond acceptors (Lipinski definition) is 5. The Morgan fingerprint density at radius 2 is 1.70 bits per heavy atom. The molecule has 0 radical (unpaired) electrons. The highest BCUT2D eigenvalue weighted by molar-refractivity contribution is 7.89. The third-order valence-corrected chi connectivity index (χ3v) is 7.67. The molecule has 2 fully saturated rings. The highest BCUT2D eigenvalue weighted by Crippen LogP contribution is 2.32. The first-order chi connectivity index (χ1) is 12.7. The fraction of sp³-hybridized carbons (Fsp3) is 0.500. The van der Waals surface area contributed by atoms with Gasteiger partial charge in [-0.25, -0.2) is 13.2 Å². The van der Waals surface area contributed by atoms with Crippen LogP contribution in [0.15, 0.2) is 23.1 Å². The molecule has 0 saturated carbocycles. The number of sulfonamides is 1. The number of amides is 3. The van der Waals surface area contributed by atoms with E-state index in [0.717, 1.165) is 0 Å². The van der Waals surface area contributed by atoms with Gasteiger partial charge in [-0.15, -0.1) is 0 Å². The summed E-state index contributed by atoms with van der Waals surface area (Å²) >= 11 is 12.1. The van der Waals surface area contributed by atoms with Crippen LogP contribution in [0.5, 0.6) is 0 Å². The maximum Gasteiger partial charge on any atom is 0.324 e. The molecule has 1 aromatic carbocycles. The Morgan fingerprint density at radius 1 is 1.11 bits per heavy atom. The molecule has 2 aliphatic rings. The van der Waals surface area contributed by atoms with Gasteiger partial charge in [0.25, 0.3) is 0 Å². The molecule has 8 nitrogen and oxygen atoms in total. The molecule has 27 heavy (non-hydrogen) atoms. The second-order valence-electron chi connectivity index (χ2n) is 6.39. The highest BCUT2D eigenvalue weighted by atomic mass is 35.5. The van der Waals surface area contributed by atoms with E-state index < -0.39 is 16.1 Å². The van der Waals surface area contributed by atoms with Crippen molar-refractivity contribution in [1.82, 2.24) is 19.4 Å². The minimum absolute atomic E-state index is 0.0773. The van der Waals surface area contributed by atoms with Crippen LogP contribution < -0.4 is 5.32 Å². The van der Waals surface area contributed by atoms with E-state index in [1.807, 2.05) is 4.90 Å². The van der Waals surface area contributed by atoms with Crippen molar-refractivity contribution in [1.29, 1.82) is 0 Å². The largest absolute Gasteiger partial charge is 0.336 e. The Kier molecular flexibility index (Phi) is 5.97. The second kappa shape index (κ2) is 7.92. The summed E-state index contributed by atoms with van der Waals surface area (Å²) < 4.78 is 27.1. The van der Waals surface area contributed by atoms with Gasteiger partial charge in [-0.1, -0.05) is 29.3 Å². The van der Waals surface area contributed by atoms with Gasteiger partial charge in [-0.2, -0.15) is 4.31 Å². The van der Waals surface area contributed by atoms with Crippen molar-refractivity contribution in [2.24, 2.45) is 0 Å². The fourth-order valence-electron chi connectivity index (χ4n) is 3.25. The van der Waals surface area contributed by atoms with Gasteiger partial charge in [-0.05, 0) is 19.1 Å². The molecule has 2 saturated heterocycles. The normalized spacial score (nSPS) is 20.6. The molecule has 0 spiro atoms. The number of benzene rings is 1. The molecule has 2 heterocycles. The van der Waals surface area contributed by atoms with Crippen molar-refractivity contribution in [3.05, 3.63) is 28.2 Å². The molecular formula is C16H20Cl2N4O4S. The minimum Gasteiger partial charge on any atom is -0.336 e. The molecule has 0 bridgehead atoms. The highest BCUT2D eigenvalue weighted by Gasteiger charge is 2.37. The lowest BCUT2D eigenvalue weighted by Crippen LogP contribution is -2.55. The van der Waals surface area contributed by atoms with Crippen LogP contribution in [0.4, 0.5) is 4.79 Å². The van der Waals surface area contributed by atoms with Crippen LogP contribution in [0.1, 0.15) is 6.92 Å². The van der Waals surface area contributed by atoms with Gasteiger partial charge in [0.15, 0.2) is 0 Å². The van der Waals surface area contributed by atoms with E-state index in [1.54, 1.807) is 13.0 Å². The van der Waals surface area contributed by atoms with Crippen LogP contribution in [0.25, 0.3) is 0 Å². The summed E-state index contributed by atoms with van der Waals surface area (Å²) in [4.78, 5) is 27.1. The number of piperazine rings is 1. The average molecular weight is 435 g/mol. The smallest absolute Gasteiger partial charge is 0.324 e. The first-order valence-corrected chi connectivity index (χ1v) is 10.7. The number of carbonyl (C=O) groups is 2. The number of rotatable bonds is 4. The number of carbonyl (C=O) groups excluding carboxylic acids is 2. The summed E-state index contributed by atoms with van der Waals surface area (Å²) in [5.41, 5.74) is 0. The Labute approximate surface area is 168 Å². The number of nitrogens with one attached hydrogen (secondary N) is 1. The third-order valence-electron chi connectivity index (χ3n) is 4.82. The zero-order valence-corrected chi connectivity index (χ0v) is 17.0. The van der Waals surface area contributed by atoms with Crippen molar-refractivity contribution < 1.29 is 18.0 Å². The van der Waals surface area contributed by atoms with Crippen LogP contribution in [-0.2, 0) is 14.8 Å². The van der Waals surface area contributed by atoms with Gasteiger partial charge < -0.3 is 5.32 Å². The summed E-state index contributed by atoms with van der Waals surface area (Å²) in [6.45, 7) is 3.65. The first-order valence-electron chi connectivity index (χ1n) is 8.51. The van der Waals surface area contributed by atoms with Gasteiger partial charge >= 0.3 is 6.03 Å². The fourth-order valence-corrected chi connectivity index (χ4v) is 5.77. The maximum atomic E-state index is 12.9. The molecule has 148 valence electrons. The Morgan fingerprint density at radius 3 is 2.22 bits per heavy atom. The van der Waals surface area contributed by atoms with E-state index >= 15 is 0 Å². The zero-order valence-electron chi connectivity index (χ0n) is 14.7. The molecule has 3 rings (SSSR count). The van der Waals surface area contributed by atoms with Crippen LogP contribution in [-0.4, -0.2) is 79.8 Å². The van der Waals surface area contributed by atoms with E-state index in [0.29, 0.717) is 26.2 Å². The summed E-state index contributed by atoms with van der Waals surface area (Å²) in [6, 6.07) is 3.66. The van der Waals surface area contributed by atoms with E-state index in [2.05, 4.69) is 5.32 Å². The number of hydrogen-bond donors (Lipinski definition) is 1. The van der Waals surface area contributed by atoms with Gasteiger partial charge in [0.1, 0.15) is 4.90 Å². The van der Waals surface area contributed by atoms with Gasteiger partial charge in [-0.3, -0.25) is 14.6 Å². The third kappa shape index (κ3) is 3.93. The van der Waals surface area contributed by atoms with Crippen molar-refractivity contribution in [3.8, 4) is 0 Å². The molecule has 3 amide bonds. The summed E-state index contributed by atoms with van der Waals surface area (Å²) in [7, 11) is -3.83. The quantitative estimate of drug-likeness (QED) is 0.769. The van der Waals surface area contributed by atoms with Crippen molar-refractivity contribution in [2.75, 3.05) is 39.3 Å². The van der Waals surface area contributed by atoms with Gasteiger partial charge in [0, 0.05) is 39.3 Å². The predicted octanol–water partition coefficient (Wildman–Crippen LogP) is 1.24. The lowest BCUT2D eigenvalue weighted by molar-refractivity contribution is -0.133. The summed E-state index contributed by atoms with van der Waals surface area (Å²) in [5, 5.41) is 2.75. The van der Waals surface area contributed by atoms with Crippen molar-refractivity contribution in [2.45, 2.75) is 17.9 Å². The SMILES string of the molecule is CC(C(=O)N1CCNC1=O)N1CCN(S(=O)(=O)c2c(Cl)cccc2Cl)CC1. The monoisotopic (exact) mass is 434 g/mol. The van der Waals surface area contributed by atoms with Crippen LogP contribution in [0, 0.1) is 0 Å². The van der Waals surface area contributed by atoms with Crippen LogP contribution in [0.3, 0.4) is 0 Å². The summed E-state index contributed by atoms with van der Waals surface area (Å²) in [6.07, 6.45) is 0. The number of halogens is 2. The molecule has 0 aromatic heterocycles. The van der Waals surface area contributed by atoms with Crippen molar-refractivity contribution >= 4 is 45.2 Å². The molecular weight excluding hydrogens is 415 g/mol. The lowest BCUT2D eigenvalue weighted by atomic mass is 10.2. The second-order valence-corrected chi connectivity index (χ2v) is 9.08. The average Bonchev–Trinajstić information content (AvgIpc) is 3.06. The minimum atomic E-state index is -3.83. The van der Waals surface area contributed by atoms with Crippen LogP contribution in [0.2, 0.25) is 10.0 Å². The topological polar surface area (TPSA) is 90.0 Å². The molecule has 1 aromatic rings. The van der Waals surface area contributed by atoms with E-state index in [9.17, 15) is 18.0 Å². The number of imide groups is 1. The Balaban J connectivity index is 1.68. The molecule has 1 unspecified atom stereocenters. The zero-order chi connectivity index (χ0) is 19.8. The predicted molar refractivity (Wildman–Crippen MR) is 101 cm³/mol. The molecule has 2 aliphatic heterocycles. The van der Waals surface area contributed by atoms with E-state index in [-0.39, 0.29) is 40.0 Å².